The zero-order valence-electron chi connectivity index (χ0n) is 16.1. The van der Waals surface area contributed by atoms with E-state index in [1.807, 2.05) is 13.8 Å². The van der Waals surface area contributed by atoms with Gasteiger partial charge in [0.15, 0.2) is 11.6 Å². The number of non-ortho nitro benzene ring substituents is 1. The molecule has 0 radical (unpaired) electrons. The third kappa shape index (κ3) is 3.90. The van der Waals surface area contributed by atoms with Crippen LogP contribution in [0.5, 0.6) is 11.6 Å². The van der Waals surface area contributed by atoms with Crippen molar-refractivity contribution in [3.05, 3.63) is 52.2 Å². The second-order valence-electron chi connectivity index (χ2n) is 5.68. The molecule has 0 atom stereocenters. The molecule has 1 aromatic carbocycles. The molecule has 0 spiro atoms. The highest BCUT2D eigenvalue weighted by Crippen LogP contribution is 2.31. The van der Waals surface area contributed by atoms with Crippen LogP contribution in [-0.2, 0) is 7.05 Å². The van der Waals surface area contributed by atoms with Crippen molar-refractivity contribution in [3.63, 3.8) is 0 Å². The van der Waals surface area contributed by atoms with Gasteiger partial charge in [-0.05, 0) is 12.1 Å². The van der Waals surface area contributed by atoms with E-state index in [4.69, 9.17) is 4.74 Å². The maximum atomic E-state index is 14.1. The molecule has 148 valence electrons. The minimum Gasteiger partial charge on any atom is -0.435 e. The highest BCUT2D eigenvalue weighted by Gasteiger charge is 2.20. The number of rotatable bonds is 4. The Balaban J connectivity index is 0.00000136. The summed E-state index contributed by atoms with van der Waals surface area (Å²) in [5, 5.41) is 11.1. The SMILES string of the molecule is CC.CN(C)C(=O)c1cc2c(Oc3ccc([N+](=O)[O-])cc3F)ncnc2n1C. The van der Waals surface area contributed by atoms with Gasteiger partial charge >= 0.3 is 0 Å². The number of carbonyl (C=O) groups is 1. The fourth-order valence-corrected chi connectivity index (χ4v) is 2.42. The van der Waals surface area contributed by atoms with Crippen molar-refractivity contribution in [1.82, 2.24) is 19.4 Å². The molecule has 2 heterocycles. The Morgan fingerprint density at radius 2 is 1.93 bits per heavy atom. The van der Waals surface area contributed by atoms with Crippen LogP contribution in [0.3, 0.4) is 0 Å². The topological polar surface area (TPSA) is 103 Å². The molecule has 2 aromatic heterocycles. The number of nitrogens with zero attached hydrogens (tertiary/aromatic N) is 5. The molecule has 0 aliphatic heterocycles. The van der Waals surface area contributed by atoms with Gasteiger partial charge in [-0.25, -0.2) is 14.4 Å². The summed E-state index contributed by atoms with van der Waals surface area (Å²) in [7, 11) is 4.91. The van der Waals surface area contributed by atoms with Crippen LogP contribution >= 0.6 is 0 Å². The van der Waals surface area contributed by atoms with Crippen molar-refractivity contribution < 1.29 is 18.8 Å². The Labute approximate surface area is 160 Å². The monoisotopic (exact) mass is 389 g/mol. The van der Waals surface area contributed by atoms with Crippen LogP contribution < -0.4 is 4.74 Å². The third-order valence-corrected chi connectivity index (χ3v) is 3.74. The van der Waals surface area contributed by atoms with Crippen LogP contribution in [0.4, 0.5) is 10.1 Å². The Bertz CT molecular complexity index is 1030. The number of aromatic nitrogens is 3. The molecule has 3 rings (SSSR count). The standard InChI is InChI=1S/C16H14FN5O4.C2H6/c1-20(2)16(23)12-7-10-14(21(12)3)18-8-19-15(10)26-13-5-4-9(22(24)25)6-11(13)17;1-2/h4-8H,1-3H3;1-2H3. The average molecular weight is 389 g/mol. The molecule has 0 saturated carbocycles. The molecule has 9 nitrogen and oxygen atoms in total. The van der Waals surface area contributed by atoms with Crippen LogP contribution in [0.2, 0.25) is 0 Å². The number of benzene rings is 1. The molecule has 10 heteroatoms. The summed E-state index contributed by atoms with van der Waals surface area (Å²) in [6.45, 7) is 4.00. The van der Waals surface area contributed by atoms with Crippen molar-refractivity contribution in [2.24, 2.45) is 7.05 Å². The molecule has 0 aliphatic carbocycles. The smallest absolute Gasteiger partial charge is 0.272 e. The fraction of sp³-hybridized carbons (Fsp3) is 0.278. The van der Waals surface area contributed by atoms with Crippen molar-refractivity contribution in [2.45, 2.75) is 13.8 Å². The summed E-state index contributed by atoms with van der Waals surface area (Å²) in [5.41, 5.74) is 0.406. The van der Waals surface area contributed by atoms with Crippen molar-refractivity contribution in [3.8, 4) is 11.6 Å². The van der Waals surface area contributed by atoms with Gasteiger partial charge in [0.05, 0.1) is 16.4 Å². The predicted octanol–water partition coefficient (Wildman–Crippen LogP) is 3.54. The van der Waals surface area contributed by atoms with Crippen molar-refractivity contribution >= 4 is 22.6 Å². The number of hydrogen-bond acceptors (Lipinski definition) is 6. The van der Waals surface area contributed by atoms with Gasteiger partial charge in [0.25, 0.3) is 11.6 Å². The number of ether oxygens (including phenoxy) is 1. The predicted molar refractivity (Wildman–Crippen MR) is 101 cm³/mol. The number of nitro benzene ring substituents is 1. The molecule has 0 N–H and O–H groups in total. The number of amides is 1. The average Bonchev–Trinajstić information content (AvgIpc) is 3.02. The van der Waals surface area contributed by atoms with Crippen LogP contribution in [0, 0.1) is 15.9 Å². The lowest BCUT2D eigenvalue weighted by atomic mass is 10.3. The molecule has 28 heavy (non-hydrogen) atoms. The molecule has 3 aromatic rings. The van der Waals surface area contributed by atoms with Crippen LogP contribution in [0.1, 0.15) is 24.3 Å². The number of fused-ring (bicyclic) bond motifs is 1. The maximum Gasteiger partial charge on any atom is 0.272 e. The van der Waals surface area contributed by atoms with Gasteiger partial charge in [-0.3, -0.25) is 14.9 Å². The van der Waals surface area contributed by atoms with Gasteiger partial charge in [-0.1, -0.05) is 13.8 Å². The number of halogens is 1. The Morgan fingerprint density at radius 3 is 2.50 bits per heavy atom. The van der Waals surface area contributed by atoms with E-state index in [1.165, 1.54) is 11.2 Å². The highest BCUT2D eigenvalue weighted by atomic mass is 19.1. The summed E-state index contributed by atoms with van der Waals surface area (Å²) >= 11 is 0. The summed E-state index contributed by atoms with van der Waals surface area (Å²) in [6, 6.07) is 4.59. The molecule has 0 saturated heterocycles. The van der Waals surface area contributed by atoms with Crippen LogP contribution in [0.25, 0.3) is 11.0 Å². The van der Waals surface area contributed by atoms with Crippen molar-refractivity contribution in [1.29, 1.82) is 0 Å². The van der Waals surface area contributed by atoms with E-state index in [2.05, 4.69) is 9.97 Å². The van der Waals surface area contributed by atoms with Gasteiger partial charge < -0.3 is 14.2 Å². The molecule has 0 fully saturated rings. The molecule has 0 unspecified atom stereocenters. The maximum absolute atomic E-state index is 14.1. The minimum atomic E-state index is -0.897. The molecular weight excluding hydrogens is 369 g/mol. The van der Waals surface area contributed by atoms with Gasteiger partial charge in [0.1, 0.15) is 17.7 Å². The number of aryl methyl sites for hydroxylation is 1. The summed E-state index contributed by atoms with van der Waals surface area (Å²) < 4.78 is 21.1. The molecule has 0 aliphatic rings. The lowest BCUT2D eigenvalue weighted by molar-refractivity contribution is -0.385. The summed E-state index contributed by atoms with van der Waals surface area (Å²) in [4.78, 5) is 31.8. The third-order valence-electron chi connectivity index (χ3n) is 3.74. The van der Waals surface area contributed by atoms with Gasteiger partial charge in [-0.15, -0.1) is 0 Å². The van der Waals surface area contributed by atoms with Gasteiger partial charge in [0.2, 0.25) is 5.88 Å². The van der Waals surface area contributed by atoms with Crippen molar-refractivity contribution in [2.75, 3.05) is 14.1 Å². The first-order valence-corrected chi connectivity index (χ1v) is 8.43. The number of hydrogen-bond donors (Lipinski definition) is 0. The fourth-order valence-electron chi connectivity index (χ4n) is 2.42. The second-order valence-corrected chi connectivity index (χ2v) is 5.68. The number of nitro groups is 1. The quantitative estimate of drug-likeness (QED) is 0.499. The van der Waals surface area contributed by atoms with E-state index in [9.17, 15) is 19.3 Å². The van der Waals surface area contributed by atoms with Crippen LogP contribution in [-0.4, -0.2) is 44.4 Å². The van der Waals surface area contributed by atoms with E-state index < -0.39 is 10.7 Å². The lowest BCUT2D eigenvalue weighted by Gasteiger charge is -2.10. The minimum absolute atomic E-state index is 0.0381. The Morgan fingerprint density at radius 1 is 1.25 bits per heavy atom. The van der Waals surface area contributed by atoms with E-state index in [1.54, 1.807) is 31.8 Å². The van der Waals surface area contributed by atoms with E-state index in [-0.39, 0.29) is 23.2 Å². The number of carbonyl (C=O) groups excluding carboxylic acids is 1. The van der Waals surface area contributed by atoms with Gasteiger partial charge in [0, 0.05) is 27.2 Å². The molecular formula is C18H20FN5O4. The summed E-state index contributed by atoms with van der Waals surface area (Å²) in [5.74, 6) is -1.32. The van der Waals surface area contributed by atoms with Gasteiger partial charge in [-0.2, -0.15) is 0 Å². The Kier molecular flexibility index (Phi) is 6.24. The van der Waals surface area contributed by atoms with E-state index >= 15 is 0 Å². The second kappa shape index (κ2) is 8.42. The summed E-state index contributed by atoms with van der Waals surface area (Å²) in [6.07, 6.45) is 1.23. The first kappa shape index (κ1) is 20.7. The Hall–Kier alpha value is -3.56. The molecule has 0 bridgehead atoms. The lowest BCUT2D eigenvalue weighted by Crippen LogP contribution is -2.23. The highest BCUT2D eigenvalue weighted by molar-refractivity contribution is 5.98. The van der Waals surface area contributed by atoms with E-state index in [0.29, 0.717) is 16.7 Å². The van der Waals surface area contributed by atoms with E-state index in [0.717, 1.165) is 18.2 Å². The zero-order chi connectivity index (χ0) is 21.0. The zero-order valence-corrected chi connectivity index (χ0v) is 16.1. The first-order chi connectivity index (χ1) is 13.3. The first-order valence-electron chi connectivity index (χ1n) is 8.43. The normalized spacial score (nSPS) is 10.2. The largest absolute Gasteiger partial charge is 0.435 e. The van der Waals surface area contributed by atoms with Crippen LogP contribution in [0.15, 0.2) is 30.6 Å². The molecule has 1 amide bonds.